The van der Waals surface area contributed by atoms with Gasteiger partial charge in [0.05, 0.1) is 0 Å². The summed E-state index contributed by atoms with van der Waals surface area (Å²) < 4.78 is 40.3. The summed E-state index contributed by atoms with van der Waals surface area (Å²) in [5.41, 5.74) is 0.798. The molecule has 0 heterocycles. The topological polar surface area (TPSA) is 0 Å². The van der Waals surface area contributed by atoms with Gasteiger partial charge in [0, 0.05) is 6.42 Å². The molecule has 3 heteroatoms. The molecule has 1 unspecified atom stereocenters. The van der Waals surface area contributed by atoms with Crippen LogP contribution in [-0.2, 0) is 0 Å². The predicted molar refractivity (Wildman–Crippen MR) is 92.6 cm³/mol. The molecule has 2 saturated carbocycles. The molecule has 136 valence electrons. The van der Waals surface area contributed by atoms with E-state index in [-0.39, 0.29) is 12.3 Å². The first-order chi connectivity index (χ1) is 11.6. The van der Waals surface area contributed by atoms with Crippen molar-refractivity contribution < 1.29 is 13.2 Å². The minimum absolute atomic E-state index is 0.0523. The molecule has 0 aromatic carbocycles. The van der Waals surface area contributed by atoms with Gasteiger partial charge in [-0.05, 0) is 68.3 Å². The number of alkyl halides is 1. The fourth-order valence-electron chi connectivity index (χ4n) is 5.34. The highest BCUT2D eigenvalue weighted by Gasteiger charge is 2.34. The van der Waals surface area contributed by atoms with Crippen LogP contribution in [-0.4, -0.2) is 6.17 Å². The molecule has 3 rings (SSSR count). The zero-order valence-corrected chi connectivity index (χ0v) is 14.9. The van der Waals surface area contributed by atoms with Crippen LogP contribution < -0.4 is 0 Å². The molecule has 0 nitrogen and oxygen atoms in total. The van der Waals surface area contributed by atoms with Gasteiger partial charge in [0.1, 0.15) is 0 Å². The van der Waals surface area contributed by atoms with E-state index in [1.165, 1.54) is 57.4 Å². The highest BCUT2D eigenvalue weighted by molar-refractivity contribution is 5.30. The second-order valence-corrected chi connectivity index (χ2v) is 8.27. The Balaban J connectivity index is 1.49. The summed E-state index contributed by atoms with van der Waals surface area (Å²) in [6.45, 7) is 2.28. The molecule has 2 fully saturated rings. The minimum Gasteiger partial charge on any atom is -0.239 e. The normalized spacial score (nSPS) is 38.2. The largest absolute Gasteiger partial charge is 0.239 e. The van der Waals surface area contributed by atoms with E-state index in [9.17, 15) is 13.2 Å². The molecule has 3 aliphatic rings. The van der Waals surface area contributed by atoms with Gasteiger partial charge in [-0.1, -0.05) is 38.2 Å². The van der Waals surface area contributed by atoms with Gasteiger partial charge in [-0.2, -0.15) is 0 Å². The van der Waals surface area contributed by atoms with E-state index in [2.05, 4.69) is 6.92 Å². The summed E-state index contributed by atoms with van der Waals surface area (Å²) in [6, 6.07) is 0. The van der Waals surface area contributed by atoms with Crippen LogP contribution >= 0.6 is 0 Å². The molecule has 0 aromatic heterocycles. The molecular weight excluding hydrogens is 309 g/mol. The van der Waals surface area contributed by atoms with E-state index in [0.29, 0.717) is 0 Å². The Kier molecular flexibility index (Phi) is 6.10. The van der Waals surface area contributed by atoms with Crippen LogP contribution in [0, 0.1) is 23.7 Å². The van der Waals surface area contributed by atoms with Crippen molar-refractivity contribution in [3.05, 3.63) is 23.3 Å². The minimum atomic E-state index is -1.77. The van der Waals surface area contributed by atoms with E-state index >= 15 is 0 Å². The number of hydrogen-bond donors (Lipinski definition) is 0. The van der Waals surface area contributed by atoms with Crippen molar-refractivity contribution in [2.45, 2.75) is 83.7 Å². The summed E-state index contributed by atoms with van der Waals surface area (Å²) in [7, 11) is 0. The van der Waals surface area contributed by atoms with Crippen molar-refractivity contribution in [1.29, 1.82) is 0 Å². The molecule has 0 aromatic rings. The molecular formula is C21H31F3. The van der Waals surface area contributed by atoms with Gasteiger partial charge < -0.3 is 0 Å². The maximum atomic E-state index is 13.6. The Morgan fingerprint density at radius 1 is 0.917 bits per heavy atom. The lowest BCUT2D eigenvalue weighted by molar-refractivity contribution is 0.148. The van der Waals surface area contributed by atoms with Crippen LogP contribution in [0.2, 0.25) is 0 Å². The molecule has 0 amide bonds. The fraction of sp³-hybridized carbons (Fsp3) is 0.810. The fourth-order valence-corrected chi connectivity index (χ4v) is 5.34. The van der Waals surface area contributed by atoms with Gasteiger partial charge in [0.25, 0.3) is 0 Å². The van der Waals surface area contributed by atoms with Gasteiger partial charge in [-0.3, -0.25) is 0 Å². The van der Waals surface area contributed by atoms with Gasteiger partial charge in [-0.25, -0.2) is 13.2 Å². The molecule has 3 aliphatic carbocycles. The quantitative estimate of drug-likeness (QED) is 0.507. The van der Waals surface area contributed by atoms with Gasteiger partial charge in [0.15, 0.2) is 17.8 Å². The molecule has 0 bridgehead atoms. The molecule has 24 heavy (non-hydrogen) atoms. The van der Waals surface area contributed by atoms with Crippen molar-refractivity contribution in [3.8, 4) is 0 Å². The summed E-state index contributed by atoms with van der Waals surface area (Å²) in [6.07, 6.45) is 12.2. The van der Waals surface area contributed by atoms with Crippen LogP contribution in [0.15, 0.2) is 23.3 Å². The third-order valence-corrected chi connectivity index (χ3v) is 6.78. The van der Waals surface area contributed by atoms with Crippen molar-refractivity contribution in [1.82, 2.24) is 0 Å². The van der Waals surface area contributed by atoms with Crippen LogP contribution in [0.25, 0.3) is 0 Å². The molecule has 0 radical (unpaired) electrons. The van der Waals surface area contributed by atoms with E-state index < -0.39 is 17.8 Å². The standard InChI is InChI=1S/C21H31F3/c1-2-3-14-4-6-15(7-5-14)16-8-10-17(11-9-16)18-12-19(22)21(24)20(23)13-18/h12,14-17,20H,2-11,13H2,1H3. The van der Waals surface area contributed by atoms with E-state index in [4.69, 9.17) is 0 Å². The predicted octanol–water partition coefficient (Wildman–Crippen LogP) is 7.22. The van der Waals surface area contributed by atoms with E-state index in [0.717, 1.165) is 36.2 Å². The highest BCUT2D eigenvalue weighted by Crippen LogP contribution is 2.45. The Labute approximate surface area is 144 Å². The zero-order valence-electron chi connectivity index (χ0n) is 14.9. The third kappa shape index (κ3) is 4.08. The average molecular weight is 340 g/mol. The van der Waals surface area contributed by atoms with Crippen LogP contribution in [0.5, 0.6) is 0 Å². The van der Waals surface area contributed by atoms with Crippen molar-refractivity contribution in [2.75, 3.05) is 0 Å². The van der Waals surface area contributed by atoms with E-state index in [1.807, 2.05) is 0 Å². The van der Waals surface area contributed by atoms with Gasteiger partial charge in [0.2, 0.25) is 0 Å². The van der Waals surface area contributed by atoms with Crippen LogP contribution in [0.4, 0.5) is 13.2 Å². The number of hydrogen-bond acceptors (Lipinski definition) is 0. The number of halogens is 3. The second-order valence-electron chi connectivity index (χ2n) is 8.27. The Hall–Kier alpha value is -0.730. The first-order valence-electron chi connectivity index (χ1n) is 9.98. The van der Waals surface area contributed by atoms with Gasteiger partial charge >= 0.3 is 0 Å². The molecule has 0 N–H and O–H groups in total. The van der Waals surface area contributed by atoms with Crippen molar-refractivity contribution >= 4 is 0 Å². The Morgan fingerprint density at radius 2 is 1.50 bits per heavy atom. The summed E-state index contributed by atoms with van der Waals surface area (Å²) >= 11 is 0. The smallest absolute Gasteiger partial charge is 0.170 e. The van der Waals surface area contributed by atoms with Crippen LogP contribution in [0.1, 0.15) is 77.6 Å². The summed E-state index contributed by atoms with van der Waals surface area (Å²) in [5, 5.41) is 0. The average Bonchev–Trinajstić information content (AvgIpc) is 2.60. The maximum absolute atomic E-state index is 13.6. The highest BCUT2D eigenvalue weighted by atomic mass is 19.2. The third-order valence-electron chi connectivity index (χ3n) is 6.78. The summed E-state index contributed by atoms with van der Waals surface area (Å²) in [5.74, 6) is 0.668. The van der Waals surface area contributed by atoms with Gasteiger partial charge in [-0.15, -0.1) is 0 Å². The molecule has 0 aliphatic heterocycles. The molecule has 0 saturated heterocycles. The zero-order chi connectivity index (χ0) is 17.1. The van der Waals surface area contributed by atoms with Crippen molar-refractivity contribution in [3.63, 3.8) is 0 Å². The number of rotatable bonds is 4. The van der Waals surface area contributed by atoms with Crippen LogP contribution in [0.3, 0.4) is 0 Å². The monoisotopic (exact) mass is 340 g/mol. The lowest BCUT2D eigenvalue weighted by Crippen LogP contribution is -2.27. The first kappa shape index (κ1) is 18.1. The summed E-state index contributed by atoms with van der Waals surface area (Å²) in [4.78, 5) is 0. The lowest BCUT2D eigenvalue weighted by Gasteiger charge is -2.38. The maximum Gasteiger partial charge on any atom is 0.170 e. The second kappa shape index (κ2) is 8.10. The Morgan fingerprint density at radius 3 is 2.04 bits per heavy atom. The van der Waals surface area contributed by atoms with E-state index in [1.54, 1.807) is 0 Å². The lowest BCUT2D eigenvalue weighted by atomic mass is 9.67. The molecule has 1 atom stereocenters. The number of allylic oxidation sites excluding steroid dienone is 4. The molecule has 0 spiro atoms. The SMILES string of the molecule is CCCC1CCC(C2CCC(C3=CC(F)=C(F)C(F)C3)CC2)CC1. The first-order valence-corrected chi connectivity index (χ1v) is 9.98. The van der Waals surface area contributed by atoms with Crippen molar-refractivity contribution in [2.24, 2.45) is 23.7 Å². The Bertz CT molecular complexity index is 477.